The van der Waals surface area contributed by atoms with Crippen LogP contribution >= 0.6 is 11.3 Å². The molecule has 25 heavy (non-hydrogen) atoms. The van der Waals surface area contributed by atoms with E-state index >= 15 is 0 Å². The SMILES string of the molecule is CCOC(=O)c1c(NCCc2cccs2)c2cccc(C)c2[nH]c1=O. The van der Waals surface area contributed by atoms with Gasteiger partial charge in [-0.15, -0.1) is 11.3 Å². The van der Waals surface area contributed by atoms with Crippen molar-refractivity contribution in [3.8, 4) is 0 Å². The Morgan fingerprint density at radius 2 is 2.12 bits per heavy atom. The number of nitrogens with one attached hydrogen (secondary N) is 2. The molecule has 1 aromatic carbocycles. The van der Waals surface area contributed by atoms with E-state index in [1.54, 1.807) is 18.3 Å². The number of aryl methyl sites for hydroxylation is 1. The molecule has 0 atom stereocenters. The molecule has 0 bridgehead atoms. The fourth-order valence-corrected chi connectivity index (χ4v) is 3.52. The van der Waals surface area contributed by atoms with E-state index in [-0.39, 0.29) is 12.2 Å². The Kier molecular flexibility index (Phi) is 5.19. The topological polar surface area (TPSA) is 71.2 Å². The zero-order valence-electron chi connectivity index (χ0n) is 14.2. The summed E-state index contributed by atoms with van der Waals surface area (Å²) in [6.07, 6.45) is 0.819. The maximum absolute atomic E-state index is 12.5. The van der Waals surface area contributed by atoms with Crippen molar-refractivity contribution in [1.29, 1.82) is 0 Å². The van der Waals surface area contributed by atoms with Crippen molar-refractivity contribution in [2.45, 2.75) is 20.3 Å². The Labute approximate surface area is 149 Å². The second kappa shape index (κ2) is 7.53. The second-order valence-corrected chi connectivity index (χ2v) is 6.71. The first-order valence-electron chi connectivity index (χ1n) is 8.20. The third kappa shape index (κ3) is 3.58. The molecule has 2 aromatic heterocycles. The van der Waals surface area contributed by atoms with Crippen molar-refractivity contribution in [2.24, 2.45) is 0 Å². The molecule has 0 aliphatic carbocycles. The lowest BCUT2D eigenvalue weighted by Crippen LogP contribution is -2.23. The smallest absolute Gasteiger partial charge is 0.345 e. The minimum atomic E-state index is -0.606. The van der Waals surface area contributed by atoms with E-state index in [1.807, 2.05) is 36.6 Å². The zero-order valence-corrected chi connectivity index (χ0v) is 15.0. The van der Waals surface area contributed by atoms with Gasteiger partial charge in [0.15, 0.2) is 0 Å². The molecule has 0 saturated carbocycles. The number of para-hydroxylation sites is 1. The number of esters is 1. The molecule has 0 amide bonds. The molecule has 0 saturated heterocycles. The fourth-order valence-electron chi connectivity index (χ4n) is 2.81. The normalized spacial score (nSPS) is 10.8. The lowest BCUT2D eigenvalue weighted by Gasteiger charge is -2.14. The first-order chi connectivity index (χ1) is 12.1. The van der Waals surface area contributed by atoms with Crippen LogP contribution in [-0.2, 0) is 11.2 Å². The Balaban J connectivity index is 2.04. The molecule has 0 aliphatic rings. The van der Waals surface area contributed by atoms with Crippen LogP contribution in [0.5, 0.6) is 0 Å². The number of fused-ring (bicyclic) bond motifs is 1. The summed E-state index contributed by atoms with van der Waals surface area (Å²) in [5.74, 6) is -0.606. The molecule has 3 aromatic rings. The van der Waals surface area contributed by atoms with Gasteiger partial charge in [-0.1, -0.05) is 24.3 Å². The van der Waals surface area contributed by atoms with Crippen molar-refractivity contribution in [3.05, 3.63) is 62.1 Å². The van der Waals surface area contributed by atoms with Gasteiger partial charge in [0, 0.05) is 16.8 Å². The quantitative estimate of drug-likeness (QED) is 0.660. The summed E-state index contributed by atoms with van der Waals surface area (Å²) in [6.45, 7) is 4.50. The number of carbonyl (C=O) groups is 1. The number of aromatic amines is 1. The van der Waals surface area contributed by atoms with Crippen molar-refractivity contribution in [1.82, 2.24) is 4.98 Å². The molecule has 0 spiro atoms. The summed E-state index contributed by atoms with van der Waals surface area (Å²) in [7, 11) is 0. The van der Waals surface area contributed by atoms with Crippen LogP contribution in [0.4, 0.5) is 5.69 Å². The van der Waals surface area contributed by atoms with Crippen LogP contribution in [0.3, 0.4) is 0 Å². The molecule has 0 unspecified atom stereocenters. The van der Waals surface area contributed by atoms with E-state index in [2.05, 4.69) is 16.4 Å². The Morgan fingerprint density at radius 1 is 1.28 bits per heavy atom. The Bertz CT molecular complexity index is 945. The van der Waals surface area contributed by atoms with Gasteiger partial charge >= 0.3 is 5.97 Å². The number of hydrogen-bond donors (Lipinski definition) is 2. The summed E-state index contributed by atoms with van der Waals surface area (Å²) in [4.78, 5) is 28.9. The molecule has 130 valence electrons. The average molecular weight is 356 g/mol. The molecule has 0 radical (unpaired) electrons. The molecule has 6 heteroatoms. The van der Waals surface area contributed by atoms with E-state index in [9.17, 15) is 9.59 Å². The lowest BCUT2D eigenvalue weighted by molar-refractivity contribution is 0.0525. The Hall–Kier alpha value is -2.60. The van der Waals surface area contributed by atoms with Gasteiger partial charge in [-0.25, -0.2) is 4.79 Å². The van der Waals surface area contributed by atoms with Gasteiger partial charge in [0.2, 0.25) is 0 Å². The molecule has 2 heterocycles. The van der Waals surface area contributed by atoms with Crippen LogP contribution in [0.15, 0.2) is 40.5 Å². The maximum atomic E-state index is 12.5. The van der Waals surface area contributed by atoms with Crippen molar-refractivity contribution in [2.75, 3.05) is 18.5 Å². The van der Waals surface area contributed by atoms with Crippen LogP contribution in [0, 0.1) is 6.92 Å². The largest absolute Gasteiger partial charge is 0.462 e. The summed E-state index contributed by atoms with van der Waals surface area (Å²) in [5, 5.41) is 6.13. The van der Waals surface area contributed by atoms with Crippen molar-refractivity contribution in [3.63, 3.8) is 0 Å². The van der Waals surface area contributed by atoms with E-state index < -0.39 is 11.5 Å². The number of ether oxygens (including phenoxy) is 1. The van der Waals surface area contributed by atoms with Crippen LogP contribution < -0.4 is 10.9 Å². The highest BCUT2D eigenvalue weighted by atomic mass is 32.1. The number of aromatic nitrogens is 1. The fraction of sp³-hybridized carbons (Fsp3) is 0.263. The minimum absolute atomic E-state index is 0.0335. The highest BCUT2D eigenvalue weighted by Gasteiger charge is 2.21. The summed E-state index contributed by atoms with van der Waals surface area (Å²) in [5.41, 5.74) is 1.83. The first kappa shape index (κ1) is 17.2. The second-order valence-electron chi connectivity index (χ2n) is 5.68. The van der Waals surface area contributed by atoms with Crippen molar-refractivity contribution >= 4 is 33.9 Å². The molecular weight excluding hydrogens is 336 g/mol. The first-order valence-corrected chi connectivity index (χ1v) is 9.08. The summed E-state index contributed by atoms with van der Waals surface area (Å²) >= 11 is 1.69. The molecule has 0 aliphatic heterocycles. The van der Waals surface area contributed by atoms with E-state index in [1.165, 1.54) is 4.88 Å². The monoisotopic (exact) mass is 356 g/mol. The number of benzene rings is 1. The van der Waals surface area contributed by atoms with Crippen LogP contribution in [0.25, 0.3) is 10.9 Å². The van der Waals surface area contributed by atoms with E-state index in [0.717, 1.165) is 22.9 Å². The van der Waals surface area contributed by atoms with Gasteiger partial charge < -0.3 is 15.0 Å². The number of rotatable bonds is 6. The predicted molar refractivity (Wildman–Crippen MR) is 102 cm³/mol. The van der Waals surface area contributed by atoms with Crippen molar-refractivity contribution < 1.29 is 9.53 Å². The molecule has 5 nitrogen and oxygen atoms in total. The number of anilines is 1. The van der Waals surface area contributed by atoms with Crippen LogP contribution in [0.1, 0.15) is 27.7 Å². The highest BCUT2D eigenvalue weighted by molar-refractivity contribution is 7.09. The molecule has 3 rings (SSSR count). The lowest BCUT2D eigenvalue weighted by atomic mass is 10.1. The summed E-state index contributed by atoms with van der Waals surface area (Å²) < 4.78 is 5.08. The third-order valence-corrected chi connectivity index (χ3v) is 4.93. The van der Waals surface area contributed by atoms with Crippen LogP contribution in [0.2, 0.25) is 0 Å². The molecule has 2 N–H and O–H groups in total. The summed E-state index contributed by atoms with van der Waals surface area (Å²) in [6, 6.07) is 9.82. The van der Waals surface area contributed by atoms with Gasteiger partial charge in [0.1, 0.15) is 5.56 Å². The third-order valence-electron chi connectivity index (χ3n) is 3.99. The maximum Gasteiger partial charge on any atom is 0.345 e. The van der Waals surface area contributed by atoms with Crippen LogP contribution in [-0.4, -0.2) is 24.1 Å². The standard InChI is InChI=1S/C19H20N2O3S/c1-3-24-19(23)15-17(20-10-9-13-7-5-11-25-13)14-8-4-6-12(2)16(14)21-18(15)22/h4-8,11H,3,9-10H2,1-2H3,(H2,20,21,22). The average Bonchev–Trinajstić information content (AvgIpc) is 3.09. The minimum Gasteiger partial charge on any atom is -0.462 e. The Morgan fingerprint density at radius 3 is 2.84 bits per heavy atom. The van der Waals surface area contributed by atoms with Gasteiger partial charge in [-0.2, -0.15) is 0 Å². The van der Waals surface area contributed by atoms with Gasteiger partial charge in [-0.3, -0.25) is 4.79 Å². The highest BCUT2D eigenvalue weighted by Crippen LogP contribution is 2.26. The van der Waals surface area contributed by atoms with Gasteiger partial charge in [-0.05, 0) is 37.3 Å². The number of thiophene rings is 1. The van der Waals surface area contributed by atoms with Gasteiger partial charge in [0.05, 0.1) is 17.8 Å². The zero-order chi connectivity index (χ0) is 17.8. The van der Waals surface area contributed by atoms with E-state index in [0.29, 0.717) is 12.2 Å². The molecule has 0 fully saturated rings. The number of H-pyrrole nitrogens is 1. The number of carbonyl (C=O) groups excluding carboxylic acids is 1. The van der Waals surface area contributed by atoms with Gasteiger partial charge in [0.25, 0.3) is 5.56 Å². The molecular formula is C19H20N2O3S. The predicted octanol–water partition coefficient (Wildman–Crippen LogP) is 3.73. The number of hydrogen-bond acceptors (Lipinski definition) is 5. The number of pyridine rings is 1. The van der Waals surface area contributed by atoms with E-state index in [4.69, 9.17) is 4.74 Å².